The molecule has 0 aliphatic carbocycles. The summed E-state index contributed by atoms with van der Waals surface area (Å²) in [4.78, 5) is 30.0. The second-order valence-corrected chi connectivity index (χ2v) is 9.46. The topological polar surface area (TPSA) is 75.3 Å². The second kappa shape index (κ2) is 9.60. The van der Waals surface area contributed by atoms with E-state index in [1.165, 1.54) is 40.2 Å². The minimum Gasteiger partial charge on any atom is -0.465 e. The maximum absolute atomic E-state index is 13.4. The van der Waals surface area contributed by atoms with E-state index in [9.17, 15) is 14.0 Å². The molecule has 2 aromatic heterocycles. The van der Waals surface area contributed by atoms with Crippen LogP contribution < -0.4 is 5.56 Å². The quantitative estimate of drug-likeness (QED) is 0.219. The molecule has 7 nitrogen and oxygen atoms in total. The van der Waals surface area contributed by atoms with Crippen LogP contribution in [-0.2, 0) is 20.8 Å². The molecule has 3 heterocycles. The number of benzene rings is 1. The summed E-state index contributed by atoms with van der Waals surface area (Å²) >= 11 is 7.80. The van der Waals surface area contributed by atoms with Crippen molar-refractivity contribution in [1.29, 1.82) is 0 Å². The van der Waals surface area contributed by atoms with Gasteiger partial charge in [-0.25, -0.2) is 9.37 Å². The number of carbonyl (C=O) groups is 1. The van der Waals surface area contributed by atoms with Gasteiger partial charge < -0.3 is 14.0 Å². The Morgan fingerprint density at radius 1 is 1.42 bits per heavy atom. The van der Waals surface area contributed by atoms with Crippen molar-refractivity contribution in [2.45, 2.75) is 37.6 Å². The molecular formula is C20H20FN3O4S3. The van der Waals surface area contributed by atoms with Crippen molar-refractivity contribution in [3.63, 3.8) is 0 Å². The molecule has 0 N–H and O–H groups in total. The summed E-state index contributed by atoms with van der Waals surface area (Å²) < 4.78 is 28.3. The van der Waals surface area contributed by atoms with Gasteiger partial charge >= 0.3 is 5.97 Å². The van der Waals surface area contributed by atoms with Crippen LogP contribution in [0.15, 0.2) is 34.2 Å². The largest absolute Gasteiger partial charge is 0.465 e. The van der Waals surface area contributed by atoms with Gasteiger partial charge in [0.1, 0.15) is 10.5 Å². The van der Waals surface area contributed by atoms with Crippen molar-refractivity contribution in [3.05, 3.63) is 44.4 Å². The van der Waals surface area contributed by atoms with Crippen molar-refractivity contribution in [3.8, 4) is 5.69 Å². The SMILES string of the molecule is CCOC(=O)CSc1nc2c(sc(=S)n2C[C@H]2CCCO2)c(=O)n1-c1ccc(F)cc1. The zero-order valence-electron chi connectivity index (χ0n) is 16.7. The van der Waals surface area contributed by atoms with Crippen LogP contribution in [0, 0.1) is 9.77 Å². The number of ether oxygens (including phenoxy) is 2. The van der Waals surface area contributed by atoms with E-state index in [4.69, 9.17) is 26.7 Å². The summed E-state index contributed by atoms with van der Waals surface area (Å²) in [6, 6.07) is 5.55. The molecule has 11 heteroatoms. The van der Waals surface area contributed by atoms with Crippen LogP contribution in [0.2, 0.25) is 0 Å². The fourth-order valence-corrected chi connectivity index (χ4v) is 5.45. The molecule has 0 amide bonds. The number of carbonyl (C=O) groups excluding carboxylic acids is 1. The maximum Gasteiger partial charge on any atom is 0.316 e. The Morgan fingerprint density at radius 2 is 2.19 bits per heavy atom. The molecule has 0 bridgehead atoms. The average Bonchev–Trinajstić information content (AvgIpc) is 3.37. The monoisotopic (exact) mass is 481 g/mol. The van der Waals surface area contributed by atoms with Crippen molar-refractivity contribution >= 4 is 51.6 Å². The van der Waals surface area contributed by atoms with Crippen LogP contribution in [0.25, 0.3) is 16.0 Å². The van der Waals surface area contributed by atoms with E-state index in [0.29, 0.717) is 38.3 Å². The van der Waals surface area contributed by atoms with Crippen molar-refractivity contribution in [1.82, 2.24) is 14.1 Å². The molecule has 1 fully saturated rings. The molecule has 3 aromatic rings. The summed E-state index contributed by atoms with van der Waals surface area (Å²) in [6.45, 7) is 3.23. The Kier molecular flexibility index (Phi) is 6.85. The molecular weight excluding hydrogens is 461 g/mol. The van der Waals surface area contributed by atoms with Crippen molar-refractivity contribution in [2.24, 2.45) is 0 Å². The first kappa shape index (κ1) is 22.1. The van der Waals surface area contributed by atoms with Crippen molar-refractivity contribution < 1.29 is 18.7 Å². The molecule has 0 saturated carbocycles. The lowest BCUT2D eigenvalue weighted by Gasteiger charge is -2.14. The van der Waals surface area contributed by atoms with Crippen LogP contribution in [0.5, 0.6) is 0 Å². The average molecular weight is 482 g/mol. The number of hydrogen-bond acceptors (Lipinski definition) is 8. The van der Waals surface area contributed by atoms with Gasteiger partial charge in [0.15, 0.2) is 14.8 Å². The lowest BCUT2D eigenvalue weighted by Crippen LogP contribution is -2.23. The lowest BCUT2D eigenvalue weighted by atomic mass is 10.2. The number of thioether (sulfide) groups is 1. The third-order valence-electron chi connectivity index (χ3n) is 4.78. The minimum atomic E-state index is -0.412. The number of hydrogen-bond donors (Lipinski definition) is 0. The predicted molar refractivity (Wildman–Crippen MR) is 120 cm³/mol. The molecule has 31 heavy (non-hydrogen) atoms. The number of fused-ring (bicyclic) bond motifs is 1. The van der Waals surface area contributed by atoms with E-state index in [0.717, 1.165) is 24.6 Å². The molecule has 1 aliphatic rings. The Hall–Kier alpha value is -2.08. The highest BCUT2D eigenvalue weighted by Crippen LogP contribution is 2.26. The third kappa shape index (κ3) is 4.74. The number of thiazole rings is 1. The molecule has 0 radical (unpaired) electrons. The van der Waals surface area contributed by atoms with Gasteiger partial charge in [0.25, 0.3) is 5.56 Å². The molecule has 1 aliphatic heterocycles. The van der Waals surface area contributed by atoms with E-state index in [1.54, 1.807) is 6.92 Å². The van der Waals surface area contributed by atoms with Gasteiger partial charge in [-0.1, -0.05) is 23.1 Å². The first-order valence-electron chi connectivity index (χ1n) is 9.80. The lowest BCUT2D eigenvalue weighted by molar-refractivity contribution is -0.139. The van der Waals surface area contributed by atoms with Gasteiger partial charge in [0.2, 0.25) is 0 Å². The van der Waals surface area contributed by atoms with E-state index in [2.05, 4.69) is 0 Å². The highest BCUT2D eigenvalue weighted by Gasteiger charge is 2.22. The van der Waals surface area contributed by atoms with Crippen LogP contribution in [-0.4, -0.2) is 45.2 Å². The van der Waals surface area contributed by atoms with Crippen LogP contribution in [0.4, 0.5) is 4.39 Å². The Balaban J connectivity index is 1.83. The summed E-state index contributed by atoms with van der Waals surface area (Å²) in [5, 5.41) is 0.311. The van der Waals surface area contributed by atoms with E-state index >= 15 is 0 Å². The highest BCUT2D eigenvalue weighted by molar-refractivity contribution is 7.99. The predicted octanol–water partition coefficient (Wildman–Crippen LogP) is 3.95. The van der Waals surface area contributed by atoms with Gasteiger partial charge in [0.05, 0.1) is 30.7 Å². The number of esters is 1. The molecule has 0 unspecified atom stereocenters. The van der Waals surface area contributed by atoms with Gasteiger partial charge in [-0.05, 0) is 56.2 Å². The third-order valence-corrected chi connectivity index (χ3v) is 7.12. The first-order chi connectivity index (χ1) is 15.0. The molecule has 1 atom stereocenters. The fraction of sp³-hybridized carbons (Fsp3) is 0.400. The summed E-state index contributed by atoms with van der Waals surface area (Å²) in [5.74, 6) is -0.831. The first-order valence-corrected chi connectivity index (χ1v) is 12.0. The van der Waals surface area contributed by atoms with E-state index < -0.39 is 11.8 Å². The zero-order chi connectivity index (χ0) is 22.0. The van der Waals surface area contributed by atoms with Gasteiger partial charge in [-0.3, -0.25) is 14.2 Å². The second-order valence-electron chi connectivity index (χ2n) is 6.87. The minimum absolute atomic E-state index is 0.0103. The van der Waals surface area contributed by atoms with Crippen molar-refractivity contribution in [2.75, 3.05) is 19.0 Å². The molecule has 1 aromatic carbocycles. The molecule has 4 rings (SSSR count). The number of nitrogens with zero attached hydrogens (tertiary/aromatic N) is 3. The normalized spacial score (nSPS) is 16.1. The van der Waals surface area contributed by atoms with Crippen LogP contribution in [0.1, 0.15) is 19.8 Å². The van der Waals surface area contributed by atoms with Gasteiger partial charge in [-0.2, -0.15) is 0 Å². The molecule has 164 valence electrons. The van der Waals surface area contributed by atoms with Gasteiger partial charge in [0, 0.05) is 6.61 Å². The Morgan fingerprint density at radius 3 is 2.87 bits per heavy atom. The Labute approximate surface area is 190 Å². The maximum atomic E-state index is 13.4. The van der Waals surface area contributed by atoms with Gasteiger partial charge in [-0.15, -0.1) is 0 Å². The van der Waals surface area contributed by atoms with Crippen LogP contribution >= 0.6 is 35.3 Å². The summed E-state index contributed by atoms with van der Waals surface area (Å²) in [5.41, 5.74) is 0.613. The standard InChI is InChI=1S/C20H20FN3O4S3/c1-2-27-15(25)11-30-19-22-17-16(18(26)24(19)13-7-5-12(21)6-8-13)31-20(29)23(17)10-14-4-3-9-28-14/h5-8,14H,2-4,9-11H2,1H3/t14-/m1/s1. The smallest absolute Gasteiger partial charge is 0.316 e. The molecule has 0 spiro atoms. The van der Waals surface area contributed by atoms with Crippen LogP contribution in [0.3, 0.4) is 0 Å². The number of halogens is 1. The Bertz CT molecular complexity index is 1210. The highest BCUT2D eigenvalue weighted by atomic mass is 32.2. The zero-order valence-corrected chi connectivity index (χ0v) is 19.2. The number of aromatic nitrogens is 3. The van der Waals surface area contributed by atoms with E-state index in [1.807, 2.05) is 4.57 Å². The number of rotatable bonds is 7. The fourth-order valence-electron chi connectivity index (χ4n) is 3.37. The van der Waals surface area contributed by atoms with E-state index in [-0.39, 0.29) is 24.0 Å². The summed E-state index contributed by atoms with van der Waals surface area (Å²) in [6.07, 6.45) is 1.95. The summed E-state index contributed by atoms with van der Waals surface area (Å²) in [7, 11) is 0. The molecule has 1 saturated heterocycles.